The van der Waals surface area contributed by atoms with Crippen LogP contribution in [0.2, 0.25) is 0 Å². The van der Waals surface area contributed by atoms with Crippen LogP contribution in [-0.4, -0.2) is 36.8 Å². The third-order valence-corrected chi connectivity index (χ3v) is 7.29. The number of thiophene rings is 1. The lowest BCUT2D eigenvalue weighted by Crippen LogP contribution is -2.19. The second-order valence-electron chi connectivity index (χ2n) is 7.18. The molecule has 1 aliphatic carbocycles. The molecular formula is C23H20BrNO5S. The van der Waals surface area contributed by atoms with Gasteiger partial charge in [-0.2, -0.15) is 0 Å². The van der Waals surface area contributed by atoms with Crippen LogP contribution >= 0.6 is 27.3 Å². The second-order valence-corrected chi connectivity index (χ2v) is 8.99. The molecule has 160 valence electrons. The van der Waals surface area contributed by atoms with Gasteiger partial charge in [0.25, 0.3) is 0 Å². The number of benzene rings is 2. The molecule has 6 nitrogen and oxygen atoms in total. The molecule has 0 atom stereocenters. The third-order valence-electron chi connectivity index (χ3n) is 5.07. The molecule has 0 aliphatic heterocycles. The fraction of sp³-hybridized carbons (Fsp3) is 0.217. The van der Waals surface area contributed by atoms with Crippen LogP contribution in [0.1, 0.15) is 20.8 Å². The first-order valence-corrected chi connectivity index (χ1v) is 11.3. The van der Waals surface area contributed by atoms with Crippen LogP contribution in [0.15, 0.2) is 53.0 Å². The summed E-state index contributed by atoms with van der Waals surface area (Å²) in [7, 11) is 1.28. The van der Waals surface area contributed by atoms with E-state index in [2.05, 4.69) is 45.5 Å². The van der Waals surface area contributed by atoms with Crippen molar-refractivity contribution in [2.75, 3.05) is 19.0 Å². The van der Waals surface area contributed by atoms with Gasteiger partial charge in [-0.05, 0) is 57.6 Å². The average Bonchev–Trinajstić information content (AvgIpc) is 3.32. The highest BCUT2D eigenvalue weighted by atomic mass is 79.9. The second kappa shape index (κ2) is 9.11. The van der Waals surface area contributed by atoms with Gasteiger partial charge in [0.15, 0.2) is 17.2 Å². The Balaban J connectivity index is 1.60. The van der Waals surface area contributed by atoms with Gasteiger partial charge in [0, 0.05) is 11.7 Å². The fourth-order valence-electron chi connectivity index (χ4n) is 3.72. The smallest absolute Gasteiger partial charge is 0.351 e. The van der Waals surface area contributed by atoms with Crippen molar-refractivity contribution < 1.29 is 24.2 Å². The number of carbonyl (C=O) groups is 2. The van der Waals surface area contributed by atoms with Crippen LogP contribution < -0.4 is 10.1 Å². The van der Waals surface area contributed by atoms with Crippen molar-refractivity contribution in [3.63, 3.8) is 0 Å². The first-order valence-electron chi connectivity index (χ1n) is 9.65. The number of halogens is 1. The van der Waals surface area contributed by atoms with Gasteiger partial charge < -0.3 is 19.9 Å². The molecule has 4 rings (SSSR count). The van der Waals surface area contributed by atoms with E-state index in [0.717, 1.165) is 29.0 Å². The van der Waals surface area contributed by atoms with Gasteiger partial charge in [-0.15, -0.1) is 11.3 Å². The van der Waals surface area contributed by atoms with Gasteiger partial charge in [-0.1, -0.05) is 36.4 Å². The quantitative estimate of drug-likeness (QED) is 0.442. The summed E-state index contributed by atoms with van der Waals surface area (Å²) in [6.45, 7) is -0.553. The van der Waals surface area contributed by atoms with Crippen molar-refractivity contribution in [2.45, 2.75) is 18.9 Å². The Morgan fingerprint density at radius 2 is 1.87 bits per heavy atom. The first kappa shape index (κ1) is 21.4. The van der Waals surface area contributed by atoms with Gasteiger partial charge in [-0.25, -0.2) is 9.59 Å². The summed E-state index contributed by atoms with van der Waals surface area (Å²) < 4.78 is 10.7. The van der Waals surface area contributed by atoms with Gasteiger partial charge in [-0.3, -0.25) is 0 Å². The molecule has 1 aromatic heterocycles. The molecular weight excluding hydrogens is 482 g/mol. The van der Waals surface area contributed by atoms with Crippen LogP contribution in [0.3, 0.4) is 0 Å². The number of carboxylic acids is 1. The molecule has 0 saturated heterocycles. The molecule has 31 heavy (non-hydrogen) atoms. The Labute approximate surface area is 191 Å². The summed E-state index contributed by atoms with van der Waals surface area (Å²) in [5, 5.41) is 12.6. The van der Waals surface area contributed by atoms with E-state index in [0.29, 0.717) is 10.5 Å². The molecule has 0 unspecified atom stereocenters. The number of rotatable bonds is 7. The topological polar surface area (TPSA) is 84.9 Å². The van der Waals surface area contributed by atoms with Gasteiger partial charge in [0.1, 0.15) is 0 Å². The number of carboxylic acid groups (broad SMARTS) is 1. The number of hydrogen-bond donors (Lipinski definition) is 2. The molecule has 0 bridgehead atoms. The summed E-state index contributed by atoms with van der Waals surface area (Å²) in [5.41, 5.74) is 4.61. The van der Waals surface area contributed by atoms with Crippen LogP contribution in [0.4, 0.5) is 5.69 Å². The Kier molecular flexibility index (Phi) is 6.29. The SMILES string of the molecule is COC(=O)c1sc(-c2cccc(NC3Cc4ccccc4C3)c2)c(Br)c1OCC(=O)O. The first-order chi connectivity index (χ1) is 15.0. The minimum absolute atomic E-state index is 0.179. The largest absolute Gasteiger partial charge is 0.479 e. The third kappa shape index (κ3) is 4.60. The lowest BCUT2D eigenvalue weighted by molar-refractivity contribution is -0.139. The van der Waals surface area contributed by atoms with Crippen molar-refractivity contribution in [1.82, 2.24) is 0 Å². The van der Waals surface area contributed by atoms with E-state index < -0.39 is 18.5 Å². The number of fused-ring (bicyclic) bond motifs is 1. The number of methoxy groups -OCH3 is 1. The van der Waals surface area contributed by atoms with E-state index in [1.54, 1.807) is 0 Å². The molecule has 2 N–H and O–H groups in total. The Morgan fingerprint density at radius 1 is 1.16 bits per heavy atom. The van der Waals surface area contributed by atoms with Crippen LogP contribution in [0, 0.1) is 0 Å². The van der Waals surface area contributed by atoms with Crippen LogP contribution in [-0.2, 0) is 22.4 Å². The molecule has 0 saturated carbocycles. The molecule has 0 spiro atoms. The van der Waals surface area contributed by atoms with Crippen molar-refractivity contribution in [1.29, 1.82) is 0 Å². The lowest BCUT2D eigenvalue weighted by Gasteiger charge is -2.14. The molecule has 0 fully saturated rings. The predicted octanol–water partition coefficient (Wildman–Crippen LogP) is 5.01. The predicted molar refractivity (Wildman–Crippen MR) is 123 cm³/mol. The average molecular weight is 502 g/mol. The molecule has 3 aromatic rings. The number of esters is 1. The summed E-state index contributed by atoms with van der Waals surface area (Å²) in [6, 6.07) is 16.7. The zero-order valence-electron chi connectivity index (χ0n) is 16.7. The van der Waals surface area contributed by atoms with Gasteiger partial charge in [0.05, 0.1) is 16.5 Å². The summed E-state index contributed by atoms with van der Waals surface area (Å²) in [5.74, 6) is -1.52. The monoisotopic (exact) mass is 501 g/mol. The van der Waals surface area contributed by atoms with Crippen molar-refractivity contribution in [3.05, 3.63) is 69.0 Å². The highest BCUT2D eigenvalue weighted by molar-refractivity contribution is 9.10. The zero-order chi connectivity index (χ0) is 22.0. The Hall–Kier alpha value is -2.84. The van der Waals surface area contributed by atoms with Crippen molar-refractivity contribution >= 4 is 44.9 Å². The highest BCUT2D eigenvalue weighted by Gasteiger charge is 2.26. The van der Waals surface area contributed by atoms with E-state index >= 15 is 0 Å². The number of ether oxygens (including phenoxy) is 2. The maximum atomic E-state index is 12.2. The van der Waals surface area contributed by atoms with E-state index in [1.165, 1.54) is 29.6 Å². The Bertz CT molecular complexity index is 1120. The van der Waals surface area contributed by atoms with E-state index in [9.17, 15) is 9.59 Å². The maximum Gasteiger partial charge on any atom is 0.351 e. The van der Waals surface area contributed by atoms with Crippen LogP contribution in [0.25, 0.3) is 10.4 Å². The fourth-order valence-corrected chi connectivity index (χ4v) is 5.69. The van der Waals surface area contributed by atoms with Gasteiger partial charge in [0.2, 0.25) is 0 Å². The molecule has 0 radical (unpaired) electrons. The summed E-state index contributed by atoms with van der Waals surface area (Å²) >= 11 is 4.68. The van der Waals surface area contributed by atoms with Crippen molar-refractivity contribution in [3.8, 4) is 16.2 Å². The van der Waals surface area contributed by atoms with E-state index in [4.69, 9.17) is 14.6 Å². The molecule has 8 heteroatoms. The standard InChI is InChI=1S/C23H20BrNO5S/c1-29-23(28)22-20(30-12-18(26)27)19(24)21(31-22)15-7-4-8-16(11-15)25-17-9-13-5-2-3-6-14(13)10-17/h2-8,11,17,25H,9-10,12H2,1H3,(H,26,27). The number of anilines is 1. The summed E-state index contributed by atoms with van der Waals surface area (Å²) in [4.78, 5) is 24.1. The number of carbonyl (C=O) groups excluding carboxylic acids is 1. The normalized spacial score (nSPS) is 13.0. The van der Waals surface area contributed by atoms with Crippen molar-refractivity contribution in [2.24, 2.45) is 0 Å². The highest BCUT2D eigenvalue weighted by Crippen LogP contribution is 2.46. The maximum absolute atomic E-state index is 12.2. The van der Waals surface area contributed by atoms with Crippen LogP contribution in [0.5, 0.6) is 5.75 Å². The number of nitrogens with one attached hydrogen (secondary N) is 1. The van der Waals surface area contributed by atoms with E-state index in [-0.39, 0.29) is 10.6 Å². The summed E-state index contributed by atoms with van der Waals surface area (Å²) in [6.07, 6.45) is 1.95. The van der Waals surface area contributed by atoms with Gasteiger partial charge >= 0.3 is 11.9 Å². The lowest BCUT2D eigenvalue weighted by atomic mass is 10.1. The minimum Gasteiger partial charge on any atom is -0.479 e. The molecule has 0 amide bonds. The van der Waals surface area contributed by atoms with E-state index in [1.807, 2.05) is 24.3 Å². The zero-order valence-corrected chi connectivity index (χ0v) is 19.1. The minimum atomic E-state index is -1.13. The Morgan fingerprint density at radius 3 is 2.52 bits per heavy atom. The molecule has 2 aromatic carbocycles. The molecule has 1 heterocycles. The molecule has 1 aliphatic rings. The number of aliphatic carboxylic acids is 1. The number of hydrogen-bond acceptors (Lipinski definition) is 6.